The third-order valence-corrected chi connectivity index (χ3v) is 3.69. The van der Waals surface area contributed by atoms with Crippen molar-refractivity contribution in [2.45, 2.75) is 12.8 Å². The van der Waals surface area contributed by atoms with Crippen molar-refractivity contribution in [1.82, 2.24) is 5.32 Å². The molecule has 3 N–H and O–H groups in total. The molecule has 120 valence electrons. The number of rotatable bonds is 5. The summed E-state index contributed by atoms with van der Waals surface area (Å²) in [5.74, 6) is 1.57. The first kappa shape index (κ1) is 15.2. The molecule has 0 radical (unpaired) electrons. The van der Waals surface area contributed by atoms with Gasteiger partial charge in [-0.15, -0.1) is 0 Å². The summed E-state index contributed by atoms with van der Waals surface area (Å²) in [6, 6.07) is 13.2. The van der Waals surface area contributed by atoms with Crippen LogP contribution in [0.5, 0.6) is 11.5 Å². The zero-order chi connectivity index (χ0) is 16.1. The summed E-state index contributed by atoms with van der Waals surface area (Å²) in [7, 11) is 0. The number of nitrogens with one attached hydrogen (secondary N) is 1. The molecule has 0 saturated carbocycles. The molecule has 0 fully saturated rings. The van der Waals surface area contributed by atoms with Crippen molar-refractivity contribution in [2.75, 3.05) is 25.5 Å². The van der Waals surface area contributed by atoms with Crippen LogP contribution in [0.25, 0.3) is 0 Å². The Morgan fingerprint density at radius 2 is 1.70 bits per heavy atom. The van der Waals surface area contributed by atoms with Crippen molar-refractivity contribution in [3.05, 3.63) is 53.6 Å². The van der Waals surface area contributed by atoms with Gasteiger partial charge >= 0.3 is 0 Å². The second-order valence-corrected chi connectivity index (χ2v) is 5.50. The number of amides is 1. The standard InChI is InChI=1S/C18H20N2O3/c19-15-4-1-13(2-5-15)12-18(21)20-8-7-14-3-6-16-17(11-14)23-10-9-22-16/h1-6,11H,7-10,12,19H2,(H,20,21). The molecular weight excluding hydrogens is 292 g/mol. The fourth-order valence-corrected chi connectivity index (χ4v) is 2.47. The number of carbonyl (C=O) groups is 1. The molecule has 1 aliphatic rings. The van der Waals surface area contributed by atoms with E-state index in [0.29, 0.717) is 31.9 Å². The van der Waals surface area contributed by atoms with Crippen molar-refractivity contribution in [3.8, 4) is 11.5 Å². The fourth-order valence-electron chi connectivity index (χ4n) is 2.47. The summed E-state index contributed by atoms with van der Waals surface area (Å²) >= 11 is 0. The zero-order valence-corrected chi connectivity index (χ0v) is 12.9. The van der Waals surface area contributed by atoms with Gasteiger partial charge in [-0.3, -0.25) is 4.79 Å². The molecule has 1 aliphatic heterocycles. The average Bonchev–Trinajstić information content (AvgIpc) is 2.57. The van der Waals surface area contributed by atoms with Crippen LogP contribution in [0.2, 0.25) is 0 Å². The van der Waals surface area contributed by atoms with Gasteiger partial charge in [-0.2, -0.15) is 0 Å². The van der Waals surface area contributed by atoms with Gasteiger partial charge in [-0.05, 0) is 41.8 Å². The SMILES string of the molecule is Nc1ccc(CC(=O)NCCc2ccc3c(c2)OCCO3)cc1. The predicted molar refractivity (Wildman–Crippen MR) is 88.7 cm³/mol. The van der Waals surface area contributed by atoms with Crippen molar-refractivity contribution in [2.24, 2.45) is 0 Å². The van der Waals surface area contributed by atoms with Crippen LogP contribution >= 0.6 is 0 Å². The van der Waals surface area contributed by atoms with E-state index in [1.165, 1.54) is 0 Å². The van der Waals surface area contributed by atoms with Gasteiger partial charge < -0.3 is 20.5 Å². The van der Waals surface area contributed by atoms with Crippen LogP contribution in [0.4, 0.5) is 5.69 Å². The number of hydrogen-bond donors (Lipinski definition) is 2. The van der Waals surface area contributed by atoms with Crippen LogP contribution in [-0.2, 0) is 17.6 Å². The summed E-state index contributed by atoms with van der Waals surface area (Å²) in [4.78, 5) is 11.9. The molecule has 0 spiro atoms. The average molecular weight is 312 g/mol. The number of nitrogens with two attached hydrogens (primary N) is 1. The van der Waals surface area contributed by atoms with Gasteiger partial charge in [0, 0.05) is 12.2 Å². The van der Waals surface area contributed by atoms with Gasteiger partial charge in [0.25, 0.3) is 0 Å². The maximum atomic E-state index is 11.9. The minimum Gasteiger partial charge on any atom is -0.486 e. The molecule has 0 atom stereocenters. The van der Waals surface area contributed by atoms with E-state index in [0.717, 1.165) is 29.0 Å². The number of hydrogen-bond acceptors (Lipinski definition) is 4. The van der Waals surface area contributed by atoms with E-state index in [1.54, 1.807) is 12.1 Å². The van der Waals surface area contributed by atoms with E-state index in [9.17, 15) is 4.79 Å². The van der Waals surface area contributed by atoms with Crippen LogP contribution < -0.4 is 20.5 Å². The first-order valence-corrected chi connectivity index (χ1v) is 7.70. The van der Waals surface area contributed by atoms with Gasteiger partial charge in [0.05, 0.1) is 6.42 Å². The van der Waals surface area contributed by atoms with E-state index < -0.39 is 0 Å². The summed E-state index contributed by atoms with van der Waals surface area (Å²) in [5.41, 5.74) is 8.40. The number of benzene rings is 2. The lowest BCUT2D eigenvalue weighted by molar-refractivity contribution is -0.120. The van der Waals surface area contributed by atoms with E-state index in [2.05, 4.69) is 5.32 Å². The quantitative estimate of drug-likeness (QED) is 0.828. The Kier molecular flexibility index (Phi) is 4.66. The van der Waals surface area contributed by atoms with E-state index in [1.807, 2.05) is 30.3 Å². The summed E-state index contributed by atoms with van der Waals surface area (Å²) < 4.78 is 11.0. The van der Waals surface area contributed by atoms with E-state index in [-0.39, 0.29) is 5.91 Å². The second kappa shape index (κ2) is 7.05. The largest absolute Gasteiger partial charge is 0.486 e. The highest BCUT2D eigenvalue weighted by Crippen LogP contribution is 2.30. The Balaban J connectivity index is 1.47. The number of ether oxygens (including phenoxy) is 2. The van der Waals surface area contributed by atoms with Crippen LogP contribution in [0.15, 0.2) is 42.5 Å². The maximum absolute atomic E-state index is 11.9. The summed E-state index contributed by atoms with van der Waals surface area (Å²) in [5, 5.41) is 2.93. The number of nitrogen functional groups attached to an aromatic ring is 1. The van der Waals surface area contributed by atoms with Crippen LogP contribution in [0.1, 0.15) is 11.1 Å². The number of fused-ring (bicyclic) bond motifs is 1. The van der Waals surface area contributed by atoms with Gasteiger partial charge in [-0.1, -0.05) is 18.2 Å². The second-order valence-electron chi connectivity index (χ2n) is 5.50. The lowest BCUT2D eigenvalue weighted by atomic mass is 10.1. The van der Waals surface area contributed by atoms with Gasteiger partial charge in [0.1, 0.15) is 13.2 Å². The van der Waals surface area contributed by atoms with Crippen LogP contribution in [-0.4, -0.2) is 25.7 Å². The van der Waals surface area contributed by atoms with Gasteiger partial charge in [-0.25, -0.2) is 0 Å². The maximum Gasteiger partial charge on any atom is 0.224 e. The third-order valence-electron chi connectivity index (χ3n) is 3.69. The van der Waals surface area contributed by atoms with E-state index >= 15 is 0 Å². The Hall–Kier alpha value is -2.69. The molecule has 2 aromatic rings. The highest BCUT2D eigenvalue weighted by molar-refractivity contribution is 5.78. The third kappa shape index (κ3) is 4.16. The zero-order valence-electron chi connectivity index (χ0n) is 12.9. The van der Waals surface area contributed by atoms with Crippen molar-refractivity contribution < 1.29 is 14.3 Å². The predicted octanol–water partition coefficient (Wildman–Crippen LogP) is 1.94. The summed E-state index contributed by atoms with van der Waals surface area (Å²) in [6.07, 6.45) is 1.12. The topological polar surface area (TPSA) is 73.6 Å². The highest BCUT2D eigenvalue weighted by Gasteiger charge is 2.11. The molecule has 0 aromatic heterocycles. The molecule has 0 bridgehead atoms. The molecule has 0 unspecified atom stereocenters. The Bertz CT molecular complexity index is 683. The first-order valence-electron chi connectivity index (χ1n) is 7.70. The molecule has 3 rings (SSSR count). The number of carbonyl (C=O) groups excluding carboxylic acids is 1. The van der Waals surface area contributed by atoms with Crippen molar-refractivity contribution in [1.29, 1.82) is 0 Å². The Labute approximate surface area is 135 Å². The molecule has 2 aromatic carbocycles. The van der Waals surface area contributed by atoms with Crippen LogP contribution in [0.3, 0.4) is 0 Å². The molecule has 5 heteroatoms. The van der Waals surface area contributed by atoms with Gasteiger partial charge in [0.15, 0.2) is 11.5 Å². The monoisotopic (exact) mass is 312 g/mol. The van der Waals surface area contributed by atoms with Crippen LogP contribution in [0, 0.1) is 0 Å². The van der Waals surface area contributed by atoms with Gasteiger partial charge in [0.2, 0.25) is 5.91 Å². The molecular formula is C18H20N2O3. The Morgan fingerprint density at radius 3 is 2.48 bits per heavy atom. The fraction of sp³-hybridized carbons (Fsp3) is 0.278. The smallest absolute Gasteiger partial charge is 0.224 e. The molecule has 5 nitrogen and oxygen atoms in total. The molecule has 1 heterocycles. The lowest BCUT2D eigenvalue weighted by Crippen LogP contribution is -2.27. The minimum absolute atomic E-state index is 0.00677. The Morgan fingerprint density at radius 1 is 1.00 bits per heavy atom. The number of anilines is 1. The minimum atomic E-state index is 0.00677. The normalized spacial score (nSPS) is 12.7. The molecule has 1 amide bonds. The van der Waals surface area contributed by atoms with Crippen molar-refractivity contribution in [3.63, 3.8) is 0 Å². The first-order chi connectivity index (χ1) is 11.2. The molecule has 0 aliphatic carbocycles. The highest BCUT2D eigenvalue weighted by atomic mass is 16.6. The van der Waals surface area contributed by atoms with Crippen molar-refractivity contribution >= 4 is 11.6 Å². The lowest BCUT2D eigenvalue weighted by Gasteiger charge is -2.18. The molecule has 0 saturated heterocycles. The molecule has 23 heavy (non-hydrogen) atoms. The summed E-state index contributed by atoms with van der Waals surface area (Å²) in [6.45, 7) is 1.76. The van der Waals surface area contributed by atoms with E-state index in [4.69, 9.17) is 15.2 Å².